The molecule has 25 heavy (non-hydrogen) atoms. The van der Waals surface area contributed by atoms with Gasteiger partial charge in [0, 0.05) is 38.3 Å². The summed E-state index contributed by atoms with van der Waals surface area (Å²) in [4.78, 5) is 4.41. The molecule has 0 saturated heterocycles. The number of nitrogens with one attached hydrogen (secondary N) is 2. The fraction of sp³-hybridized carbons (Fsp3) is 0.684. The normalized spacial score (nSPS) is 23.1. The van der Waals surface area contributed by atoms with E-state index in [9.17, 15) is 0 Å². The molecule has 6 heteroatoms. The minimum Gasteiger partial charge on any atom is -0.356 e. The van der Waals surface area contributed by atoms with Crippen molar-refractivity contribution in [1.82, 2.24) is 20.4 Å². The largest absolute Gasteiger partial charge is 0.356 e. The van der Waals surface area contributed by atoms with Crippen LogP contribution >= 0.6 is 24.0 Å². The highest BCUT2D eigenvalue weighted by molar-refractivity contribution is 14.0. The van der Waals surface area contributed by atoms with Crippen molar-refractivity contribution in [2.24, 2.45) is 10.9 Å². The highest BCUT2D eigenvalue weighted by Gasteiger charge is 2.23. The number of nitrogens with zero attached hydrogens (tertiary/aromatic N) is 3. The van der Waals surface area contributed by atoms with Gasteiger partial charge in [0.15, 0.2) is 5.96 Å². The second kappa shape index (κ2) is 9.59. The maximum atomic E-state index is 4.76. The van der Waals surface area contributed by atoms with Crippen molar-refractivity contribution in [3.63, 3.8) is 0 Å². The van der Waals surface area contributed by atoms with Gasteiger partial charge in [-0.15, -0.1) is 24.0 Å². The minimum atomic E-state index is 0. The van der Waals surface area contributed by atoms with Gasteiger partial charge < -0.3 is 10.6 Å². The summed E-state index contributed by atoms with van der Waals surface area (Å²) in [5.74, 6) is 1.66. The molecule has 3 rings (SSSR count). The monoisotopic (exact) mass is 457 g/mol. The molecule has 2 aliphatic carbocycles. The molecule has 0 amide bonds. The molecule has 2 unspecified atom stereocenters. The number of hydrogen-bond donors (Lipinski definition) is 2. The molecule has 2 aliphatic rings. The van der Waals surface area contributed by atoms with Crippen LogP contribution in [0, 0.1) is 5.92 Å². The summed E-state index contributed by atoms with van der Waals surface area (Å²) in [6, 6.07) is 0.853. The lowest BCUT2D eigenvalue weighted by Crippen LogP contribution is -2.46. The third-order valence-electron chi connectivity index (χ3n) is 5.13. The van der Waals surface area contributed by atoms with Crippen molar-refractivity contribution >= 4 is 29.9 Å². The standard InChI is InChI=1S/C19H31N5.HI/c1-14(2)24-13-16-9-10-17(11-18(16)23-24)22-19(20-3)21-12-15-7-5-4-6-8-15;/h4-5,13-15,17H,6-12H2,1-3H3,(H2,20,21,22);1H. The van der Waals surface area contributed by atoms with Gasteiger partial charge in [0.25, 0.3) is 0 Å². The van der Waals surface area contributed by atoms with Gasteiger partial charge in [0.2, 0.25) is 0 Å². The Bertz CT molecular complexity index is 605. The fourth-order valence-corrected chi connectivity index (χ4v) is 3.57. The van der Waals surface area contributed by atoms with E-state index in [-0.39, 0.29) is 24.0 Å². The van der Waals surface area contributed by atoms with Gasteiger partial charge in [-0.1, -0.05) is 12.2 Å². The number of rotatable bonds is 4. The first-order valence-corrected chi connectivity index (χ1v) is 9.34. The summed E-state index contributed by atoms with van der Waals surface area (Å²) >= 11 is 0. The quantitative estimate of drug-likeness (QED) is 0.315. The fourth-order valence-electron chi connectivity index (χ4n) is 3.57. The lowest BCUT2D eigenvalue weighted by Gasteiger charge is -2.26. The van der Waals surface area contributed by atoms with Crippen LogP contribution in [0.1, 0.15) is 56.8 Å². The molecule has 0 bridgehead atoms. The Hall–Kier alpha value is -1.05. The lowest BCUT2D eigenvalue weighted by molar-refractivity contribution is 0.461. The van der Waals surface area contributed by atoms with Crippen molar-refractivity contribution < 1.29 is 0 Å². The molecule has 0 aromatic carbocycles. The second-order valence-corrected chi connectivity index (χ2v) is 7.36. The maximum Gasteiger partial charge on any atom is 0.191 e. The minimum absolute atomic E-state index is 0. The highest BCUT2D eigenvalue weighted by atomic mass is 127. The number of aryl methyl sites for hydroxylation is 1. The summed E-state index contributed by atoms with van der Waals surface area (Å²) in [7, 11) is 1.86. The summed E-state index contributed by atoms with van der Waals surface area (Å²) in [6.45, 7) is 5.37. The van der Waals surface area contributed by atoms with Crippen molar-refractivity contribution in [3.8, 4) is 0 Å². The van der Waals surface area contributed by atoms with E-state index in [1.807, 2.05) is 7.05 Å². The Balaban J connectivity index is 0.00000225. The Labute approximate surface area is 168 Å². The van der Waals surface area contributed by atoms with E-state index in [0.29, 0.717) is 12.1 Å². The topological polar surface area (TPSA) is 54.2 Å². The van der Waals surface area contributed by atoms with E-state index in [1.54, 1.807) is 0 Å². The van der Waals surface area contributed by atoms with Gasteiger partial charge in [-0.25, -0.2) is 0 Å². The van der Waals surface area contributed by atoms with Crippen molar-refractivity contribution in [3.05, 3.63) is 29.6 Å². The van der Waals surface area contributed by atoms with Crippen molar-refractivity contribution in [2.45, 2.75) is 64.5 Å². The van der Waals surface area contributed by atoms with E-state index in [4.69, 9.17) is 5.10 Å². The maximum absolute atomic E-state index is 4.76. The molecular weight excluding hydrogens is 425 g/mol. The van der Waals surface area contributed by atoms with Crippen LogP contribution in [0.25, 0.3) is 0 Å². The average molecular weight is 457 g/mol. The summed E-state index contributed by atoms with van der Waals surface area (Å²) in [5.41, 5.74) is 2.67. The number of aromatic nitrogens is 2. The number of allylic oxidation sites excluding steroid dienone is 2. The number of aliphatic imine (C=N–C) groups is 1. The van der Waals surface area contributed by atoms with Crippen LogP contribution in [0.3, 0.4) is 0 Å². The van der Waals surface area contributed by atoms with E-state index in [0.717, 1.165) is 37.7 Å². The van der Waals surface area contributed by atoms with Crippen LogP contribution in [-0.4, -0.2) is 35.4 Å². The zero-order valence-electron chi connectivity index (χ0n) is 15.7. The van der Waals surface area contributed by atoms with Crippen LogP contribution in [0.15, 0.2) is 23.3 Å². The molecule has 0 spiro atoms. The van der Waals surface area contributed by atoms with Gasteiger partial charge in [0.05, 0.1) is 5.69 Å². The van der Waals surface area contributed by atoms with Crippen LogP contribution in [0.5, 0.6) is 0 Å². The average Bonchev–Trinajstić information content (AvgIpc) is 3.03. The van der Waals surface area contributed by atoms with Gasteiger partial charge in [-0.05, 0) is 57.4 Å². The number of fused-ring (bicyclic) bond motifs is 1. The Morgan fingerprint density at radius 1 is 1.36 bits per heavy atom. The first kappa shape index (κ1) is 20.3. The molecule has 1 aromatic rings. The predicted molar refractivity (Wildman–Crippen MR) is 115 cm³/mol. The number of guanidine groups is 1. The van der Waals surface area contributed by atoms with Gasteiger partial charge in [0.1, 0.15) is 0 Å². The van der Waals surface area contributed by atoms with Crippen LogP contribution in [0.2, 0.25) is 0 Å². The number of hydrogen-bond acceptors (Lipinski definition) is 2. The zero-order valence-corrected chi connectivity index (χ0v) is 18.0. The van der Waals surface area contributed by atoms with E-state index >= 15 is 0 Å². The SMILES string of the molecule is CN=C(NCC1CC=CCC1)NC1CCc2cn(C(C)C)nc2C1.I. The Kier molecular flexibility index (Phi) is 7.78. The van der Waals surface area contributed by atoms with Crippen LogP contribution in [0.4, 0.5) is 0 Å². The smallest absolute Gasteiger partial charge is 0.191 e. The molecule has 0 aliphatic heterocycles. The Morgan fingerprint density at radius 3 is 2.88 bits per heavy atom. The van der Waals surface area contributed by atoms with Gasteiger partial charge in [-0.2, -0.15) is 5.10 Å². The molecule has 0 saturated carbocycles. The molecule has 140 valence electrons. The molecule has 0 fully saturated rings. The van der Waals surface area contributed by atoms with Gasteiger partial charge in [-0.3, -0.25) is 9.67 Å². The summed E-state index contributed by atoms with van der Waals surface area (Å²) in [6.07, 6.45) is 13.7. The van der Waals surface area contributed by atoms with E-state index < -0.39 is 0 Å². The van der Waals surface area contributed by atoms with E-state index in [2.05, 4.69) is 52.5 Å². The Morgan fingerprint density at radius 2 is 2.20 bits per heavy atom. The molecule has 2 N–H and O–H groups in total. The molecule has 0 radical (unpaired) electrons. The molecule has 1 aromatic heterocycles. The van der Waals surface area contributed by atoms with Crippen LogP contribution < -0.4 is 10.6 Å². The lowest BCUT2D eigenvalue weighted by atomic mass is 9.93. The van der Waals surface area contributed by atoms with Crippen LogP contribution in [-0.2, 0) is 12.8 Å². The second-order valence-electron chi connectivity index (χ2n) is 7.36. The first-order chi connectivity index (χ1) is 11.7. The third kappa shape index (κ3) is 5.46. The first-order valence-electron chi connectivity index (χ1n) is 9.34. The summed E-state index contributed by atoms with van der Waals surface area (Å²) in [5, 5.41) is 11.9. The molecular formula is C19H32IN5. The summed E-state index contributed by atoms with van der Waals surface area (Å²) < 4.78 is 2.09. The van der Waals surface area contributed by atoms with Crippen molar-refractivity contribution in [2.75, 3.05) is 13.6 Å². The van der Waals surface area contributed by atoms with Gasteiger partial charge >= 0.3 is 0 Å². The molecule has 2 atom stereocenters. The third-order valence-corrected chi connectivity index (χ3v) is 5.13. The van der Waals surface area contributed by atoms with Crippen molar-refractivity contribution in [1.29, 1.82) is 0 Å². The highest BCUT2D eigenvalue weighted by Crippen LogP contribution is 2.22. The predicted octanol–water partition coefficient (Wildman–Crippen LogP) is 3.46. The molecule has 1 heterocycles. The van der Waals surface area contributed by atoms with E-state index in [1.165, 1.54) is 30.5 Å². The molecule has 5 nitrogen and oxygen atoms in total. The number of halogens is 1. The zero-order chi connectivity index (χ0) is 16.9.